The minimum absolute atomic E-state index is 0.137. The topological polar surface area (TPSA) is 49.6 Å². The monoisotopic (exact) mass is 315 g/mol. The summed E-state index contributed by atoms with van der Waals surface area (Å²) in [4.78, 5) is 17.3. The molecule has 0 bridgehead atoms. The molecule has 23 heavy (non-hydrogen) atoms. The Hall–Kier alpha value is -1.55. The van der Waals surface area contributed by atoms with Gasteiger partial charge in [-0.05, 0) is 62.9 Å². The number of carbonyl (C=O) groups is 1. The average Bonchev–Trinajstić information content (AvgIpc) is 2.83. The lowest BCUT2D eigenvalue weighted by molar-refractivity contribution is 0.0641. The summed E-state index contributed by atoms with van der Waals surface area (Å²) in [6.07, 6.45) is 7.78. The third kappa shape index (κ3) is 4.47. The zero-order chi connectivity index (χ0) is 16.1. The second kappa shape index (κ2) is 7.82. The molecule has 1 aromatic rings. The SMILES string of the molecule is Nc1cccc(C(=O)N2CCCC(CN3CCCCCC3)C2)c1. The van der Waals surface area contributed by atoms with Crippen molar-refractivity contribution in [3.05, 3.63) is 29.8 Å². The van der Waals surface area contributed by atoms with Crippen LogP contribution in [0.4, 0.5) is 5.69 Å². The van der Waals surface area contributed by atoms with Crippen molar-refractivity contribution in [3.63, 3.8) is 0 Å². The molecule has 1 amide bonds. The standard InChI is InChI=1S/C19H29N3O/c20-18-9-5-8-17(13-18)19(23)22-12-6-7-16(15-22)14-21-10-3-1-2-4-11-21/h5,8-9,13,16H,1-4,6-7,10-12,14-15,20H2. The number of benzene rings is 1. The molecule has 4 nitrogen and oxygen atoms in total. The fraction of sp³-hybridized carbons (Fsp3) is 0.632. The summed E-state index contributed by atoms with van der Waals surface area (Å²) in [5, 5.41) is 0. The van der Waals surface area contributed by atoms with Gasteiger partial charge in [0, 0.05) is 30.9 Å². The number of anilines is 1. The summed E-state index contributed by atoms with van der Waals surface area (Å²) >= 11 is 0. The van der Waals surface area contributed by atoms with E-state index in [-0.39, 0.29) is 5.91 Å². The number of nitrogens with two attached hydrogens (primary N) is 1. The molecule has 1 unspecified atom stereocenters. The van der Waals surface area contributed by atoms with E-state index in [0.717, 1.165) is 31.6 Å². The predicted octanol–water partition coefficient (Wildman–Crippen LogP) is 3.00. The second-order valence-electron chi connectivity index (χ2n) is 7.10. The molecule has 2 saturated heterocycles. The van der Waals surface area contributed by atoms with Crippen molar-refractivity contribution in [2.24, 2.45) is 5.92 Å². The van der Waals surface area contributed by atoms with Crippen LogP contribution in [0.1, 0.15) is 48.9 Å². The van der Waals surface area contributed by atoms with E-state index in [4.69, 9.17) is 5.73 Å². The van der Waals surface area contributed by atoms with E-state index in [1.165, 1.54) is 45.2 Å². The van der Waals surface area contributed by atoms with Crippen molar-refractivity contribution in [2.75, 3.05) is 38.5 Å². The summed E-state index contributed by atoms with van der Waals surface area (Å²) in [6, 6.07) is 7.36. The summed E-state index contributed by atoms with van der Waals surface area (Å²) < 4.78 is 0. The van der Waals surface area contributed by atoms with E-state index in [9.17, 15) is 4.79 Å². The van der Waals surface area contributed by atoms with Crippen LogP contribution in [-0.4, -0.2) is 48.4 Å². The molecule has 0 aliphatic carbocycles. The van der Waals surface area contributed by atoms with Crippen LogP contribution in [-0.2, 0) is 0 Å². The van der Waals surface area contributed by atoms with Crippen LogP contribution in [0.3, 0.4) is 0 Å². The first-order valence-corrected chi connectivity index (χ1v) is 9.09. The van der Waals surface area contributed by atoms with Gasteiger partial charge in [0.05, 0.1) is 0 Å². The summed E-state index contributed by atoms with van der Waals surface area (Å²) in [7, 11) is 0. The molecular formula is C19H29N3O. The highest BCUT2D eigenvalue weighted by Gasteiger charge is 2.26. The summed E-state index contributed by atoms with van der Waals surface area (Å²) in [5.74, 6) is 0.754. The number of nitrogen functional groups attached to an aromatic ring is 1. The Labute approximate surface area is 139 Å². The first-order valence-electron chi connectivity index (χ1n) is 9.09. The third-order valence-electron chi connectivity index (χ3n) is 5.15. The number of nitrogens with zero attached hydrogens (tertiary/aromatic N) is 2. The number of likely N-dealkylation sites (tertiary alicyclic amines) is 2. The zero-order valence-electron chi connectivity index (χ0n) is 14.0. The number of rotatable bonds is 3. The third-order valence-corrected chi connectivity index (χ3v) is 5.15. The molecule has 0 aromatic heterocycles. The molecule has 0 saturated carbocycles. The van der Waals surface area contributed by atoms with Crippen molar-refractivity contribution < 1.29 is 4.79 Å². The molecule has 2 aliphatic heterocycles. The summed E-state index contributed by atoms with van der Waals surface area (Å²) in [5.41, 5.74) is 7.20. The maximum atomic E-state index is 12.7. The average molecular weight is 315 g/mol. The smallest absolute Gasteiger partial charge is 0.253 e. The minimum atomic E-state index is 0.137. The zero-order valence-corrected chi connectivity index (χ0v) is 14.0. The molecule has 2 fully saturated rings. The molecule has 4 heteroatoms. The fourth-order valence-corrected chi connectivity index (χ4v) is 3.94. The van der Waals surface area contributed by atoms with Crippen molar-refractivity contribution in [1.82, 2.24) is 9.80 Å². The lowest BCUT2D eigenvalue weighted by atomic mass is 9.96. The van der Waals surface area contributed by atoms with Gasteiger partial charge in [-0.25, -0.2) is 0 Å². The molecule has 1 atom stereocenters. The molecule has 0 spiro atoms. The van der Waals surface area contributed by atoms with Gasteiger partial charge in [0.25, 0.3) is 5.91 Å². The first kappa shape index (κ1) is 16.3. The highest BCUT2D eigenvalue weighted by molar-refractivity contribution is 5.95. The van der Waals surface area contributed by atoms with Gasteiger partial charge in [0.15, 0.2) is 0 Å². The first-order chi connectivity index (χ1) is 11.2. The number of amides is 1. The maximum absolute atomic E-state index is 12.7. The molecule has 126 valence electrons. The minimum Gasteiger partial charge on any atom is -0.399 e. The van der Waals surface area contributed by atoms with Crippen molar-refractivity contribution in [1.29, 1.82) is 0 Å². The van der Waals surface area contributed by atoms with E-state index in [2.05, 4.69) is 4.90 Å². The van der Waals surface area contributed by atoms with E-state index >= 15 is 0 Å². The largest absolute Gasteiger partial charge is 0.399 e. The Balaban J connectivity index is 1.58. The number of piperidine rings is 1. The van der Waals surface area contributed by atoms with Crippen molar-refractivity contribution in [3.8, 4) is 0 Å². The van der Waals surface area contributed by atoms with Gasteiger partial charge in [0.1, 0.15) is 0 Å². The Morgan fingerprint density at radius 2 is 1.87 bits per heavy atom. The van der Waals surface area contributed by atoms with Gasteiger partial charge in [-0.2, -0.15) is 0 Å². The number of carbonyl (C=O) groups excluding carboxylic acids is 1. The maximum Gasteiger partial charge on any atom is 0.253 e. The quantitative estimate of drug-likeness (QED) is 0.872. The van der Waals surface area contributed by atoms with Gasteiger partial charge >= 0.3 is 0 Å². The van der Waals surface area contributed by atoms with Gasteiger partial charge in [-0.15, -0.1) is 0 Å². The van der Waals surface area contributed by atoms with Crippen LogP contribution in [0.25, 0.3) is 0 Å². The van der Waals surface area contributed by atoms with Gasteiger partial charge in [-0.1, -0.05) is 18.9 Å². The highest BCUT2D eigenvalue weighted by Crippen LogP contribution is 2.21. The van der Waals surface area contributed by atoms with Crippen molar-refractivity contribution >= 4 is 11.6 Å². The van der Waals surface area contributed by atoms with Crippen LogP contribution in [0.2, 0.25) is 0 Å². The van der Waals surface area contributed by atoms with E-state index < -0.39 is 0 Å². The van der Waals surface area contributed by atoms with Crippen LogP contribution in [0.15, 0.2) is 24.3 Å². The molecule has 3 rings (SSSR count). The molecule has 2 N–H and O–H groups in total. The molecule has 2 heterocycles. The van der Waals surface area contributed by atoms with Crippen LogP contribution in [0.5, 0.6) is 0 Å². The number of hydrogen-bond donors (Lipinski definition) is 1. The fourth-order valence-electron chi connectivity index (χ4n) is 3.94. The van der Waals surface area contributed by atoms with E-state index in [0.29, 0.717) is 11.6 Å². The number of hydrogen-bond acceptors (Lipinski definition) is 3. The van der Waals surface area contributed by atoms with Crippen LogP contribution < -0.4 is 5.73 Å². The van der Waals surface area contributed by atoms with E-state index in [1.807, 2.05) is 23.1 Å². The molecule has 1 aromatic carbocycles. The molecule has 0 radical (unpaired) electrons. The predicted molar refractivity (Wildman–Crippen MR) is 94.4 cm³/mol. The van der Waals surface area contributed by atoms with Gasteiger partial charge < -0.3 is 15.5 Å². The Kier molecular flexibility index (Phi) is 5.55. The summed E-state index contributed by atoms with van der Waals surface area (Å²) in [6.45, 7) is 5.40. The molecule has 2 aliphatic rings. The second-order valence-corrected chi connectivity index (χ2v) is 7.10. The van der Waals surface area contributed by atoms with Crippen molar-refractivity contribution in [2.45, 2.75) is 38.5 Å². The Bertz CT molecular complexity index is 523. The normalized spacial score (nSPS) is 23.5. The lowest BCUT2D eigenvalue weighted by Gasteiger charge is -2.35. The highest BCUT2D eigenvalue weighted by atomic mass is 16.2. The Morgan fingerprint density at radius 3 is 2.61 bits per heavy atom. The lowest BCUT2D eigenvalue weighted by Crippen LogP contribution is -2.44. The van der Waals surface area contributed by atoms with Crippen LogP contribution >= 0.6 is 0 Å². The Morgan fingerprint density at radius 1 is 1.09 bits per heavy atom. The van der Waals surface area contributed by atoms with Crippen LogP contribution in [0, 0.1) is 5.92 Å². The van der Waals surface area contributed by atoms with E-state index in [1.54, 1.807) is 6.07 Å². The van der Waals surface area contributed by atoms with Gasteiger partial charge in [-0.3, -0.25) is 4.79 Å². The molecular weight excluding hydrogens is 286 g/mol. The van der Waals surface area contributed by atoms with Gasteiger partial charge in [0.2, 0.25) is 0 Å².